The molecule has 92 valence electrons. The molecule has 0 bridgehead atoms. The minimum atomic E-state index is 0.119. The average molecular weight is 225 g/mol. The maximum Gasteiger partial charge on any atom is 0.317 e. The van der Waals surface area contributed by atoms with E-state index in [9.17, 15) is 4.79 Å². The summed E-state index contributed by atoms with van der Waals surface area (Å²) in [6.45, 7) is 5.99. The van der Waals surface area contributed by atoms with E-state index in [4.69, 9.17) is 0 Å². The van der Waals surface area contributed by atoms with Gasteiger partial charge < -0.3 is 15.5 Å². The highest BCUT2D eigenvalue weighted by Gasteiger charge is 2.27. The molecule has 2 fully saturated rings. The van der Waals surface area contributed by atoms with Crippen molar-refractivity contribution in [3.05, 3.63) is 0 Å². The van der Waals surface area contributed by atoms with Crippen LogP contribution in [0.1, 0.15) is 32.6 Å². The van der Waals surface area contributed by atoms with Crippen LogP contribution in [0.5, 0.6) is 0 Å². The Balaban J connectivity index is 1.88. The molecule has 2 saturated heterocycles. The zero-order valence-electron chi connectivity index (χ0n) is 10.2. The second kappa shape index (κ2) is 5.53. The van der Waals surface area contributed by atoms with Crippen molar-refractivity contribution in [2.24, 2.45) is 5.92 Å². The van der Waals surface area contributed by atoms with Gasteiger partial charge in [-0.15, -0.1) is 0 Å². The van der Waals surface area contributed by atoms with Crippen molar-refractivity contribution in [2.75, 3.05) is 26.2 Å². The third kappa shape index (κ3) is 2.67. The van der Waals surface area contributed by atoms with Gasteiger partial charge in [-0.1, -0.05) is 13.3 Å². The number of carbonyl (C=O) groups is 1. The van der Waals surface area contributed by atoms with Crippen molar-refractivity contribution in [1.82, 2.24) is 15.5 Å². The topological polar surface area (TPSA) is 44.4 Å². The van der Waals surface area contributed by atoms with Crippen molar-refractivity contribution in [3.63, 3.8) is 0 Å². The highest BCUT2D eigenvalue weighted by molar-refractivity contribution is 5.74. The normalized spacial score (nSPS) is 31.3. The summed E-state index contributed by atoms with van der Waals surface area (Å²) in [4.78, 5) is 13.6. The van der Waals surface area contributed by atoms with Crippen LogP contribution in [0.2, 0.25) is 0 Å². The van der Waals surface area contributed by atoms with Crippen LogP contribution in [0, 0.1) is 5.92 Å². The molecule has 0 saturated carbocycles. The van der Waals surface area contributed by atoms with Crippen LogP contribution in [-0.4, -0.2) is 43.2 Å². The SMILES string of the molecule is CCC1CCCNC1CN1CCCNC1=O. The lowest BCUT2D eigenvalue weighted by atomic mass is 9.88. The van der Waals surface area contributed by atoms with Gasteiger partial charge in [0.25, 0.3) is 0 Å². The highest BCUT2D eigenvalue weighted by Crippen LogP contribution is 2.20. The van der Waals surface area contributed by atoms with Gasteiger partial charge in [-0.05, 0) is 31.7 Å². The molecule has 4 heteroatoms. The quantitative estimate of drug-likeness (QED) is 0.757. The maximum atomic E-state index is 11.7. The lowest BCUT2D eigenvalue weighted by Crippen LogP contribution is -2.54. The first-order valence-electron chi connectivity index (χ1n) is 6.57. The molecule has 0 spiro atoms. The van der Waals surface area contributed by atoms with E-state index in [1.54, 1.807) is 0 Å². The van der Waals surface area contributed by atoms with Crippen LogP contribution in [-0.2, 0) is 0 Å². The summed E-state index contributed by atoms with van der Waals surface area (Å²) in [5.41, 5.74) is 0. The van der Waals surface area contributed by atoms with Gasteiger partial charge in [-0.2, -0.15) is 0 Å². The third-order valence-electron chi connectivity index (χ3n) is 3.84. The Morgan fingerprint density at radius 1 is 1.38 bits per heavy atom. The fraction of sp³-hybridized carbons (Fsp3) is 0.917. The molecule has 2 atom stereocenters. The van der Waals surface area contributed by atoms with Crippen LogP contribution in [0.25, 0.3) is 0 Å². The molecule has 2 unspecified atom stereocenters. The summed E-state index contributed by atoms with van der Waals surface area (Å²) in [7, 11) is 0. The molecule has 16 heavy (non-hydrogen) atoms. The van der Waals surface area contributed by atoms with Gasteiger partial charge in [0.2, 0.25) is 0 Å². The molecule has 0 aromatic heterocycles. The molecule has 2 amide bonds. The van der Waals surface area contributed by atoms with E-state index in [2.05, 4.69) is 17.6 Å². The number of carbonyl (C=O) groups excluding carboxylic acids is 1. The van der Waals surface area contributed by atoms with E-state index in [-0.39, 0.29) is 6.03 Å². The Hall–Kier alpha value is -0.770. The zero-order chi connectivity index (χ0) is 11.4. The van der Waals surface area contributed by atoms with Gasteiger partial charge in [-0.25, -0.2) is 4.79 Å². The second-order valence-corrected chi connectivity index (χ2v) is 4.90. The summed E-state index contributed by atoms with van der Waals surface area (Å²) in [5, 5.41) is 6.48. The first kappa shape index (κ1) is 11.7. The van der Waals surface area contributed by atoms with Gasteiger partial charge in [0.05, 0.1) is 0 Å². The number of urea groups is 1. The summed E-state index contributed by atoms with van der Waals surface area (Å²) < 4.78 is 0. The van der Waals surface area contributed by atoms with Gasteiger partial charge >= 0.3 is 6.03 Å². The van der Waals surface area contributed by atoms with Crippen LogP contribution in [0.15, 0.2) is 0 Å². The van der Waals surface area contributed by atoms with E-state index in [1.165, 1.54) is 19.3 Å². The van der Waals surface area contributed by atoms with E-state index in [0.29, 0.717) is 6.04 Å². The van der Waals surface area contributed by atoms with Crippen molar-refractivity contribution in [1.29, 1.82) is 0 Å². The van der Waals surface area contributed by atoms with Crippen LogP contribution in [0.3, 0.4) is 0 Å². The minimum Gasteiger partial charge on any atom is -0.338 e. The molecule has 2 heterocycles. The highest BCUT2D eigenvalue weighted by atomic mass is 16.2. The maximum absolute atomic E-state index is 11.7. The molecule has 0 radical (unpaired) electrons. The van der Waals surface area contributed by atoms with E-state index in [0.717, 1.165) is 38.5 Å². The molecule has 4 nitrogen and oxygen atoms in total. The standard InChI is InChI=1S/C12H23N3O/c1-2-10-5-3-6-13-11(10)9-15-8-4-7-14-12(15)16/h10-11,13H,2-9H2,1H3,(H,14,16). The lowest BCUT2D eigenvalue weighted by molar-refractivity contribution is 0.159. The number of nitrogens with one attached hydrogen (secondary N) is 2. The Bertz CT molecular complexity index is 244. The van der Waals surface area contributed by atoms with Gasteiger partial charge in [0.1, 0.15) is 0 Å². The number of hydrogen-bond acceptors (Lipinski definition) is 2. The van der Waals surface area contributed by atoms with Crippen molar-refractivity contribution in [3.8, 4) is 0 Å². The fourth-order valence-corrected chi connectivity index (χ4v) is 2.81. The summed E-state index contributed by atoms with van der Waals surface area (Å²) in [6.07, 6.45) is 4.88. The van der Waals surface area contributed by atoms with Gasteiger partial charge in [-0.3, -0.25) is 0 Å². The van der Waals surface area contributed by atoms with Gasteiger partial charge in [0, 0.05) is 25.7 Å². The Labute approximate surface area is 97.8 Å². The molecule has 2 N–H and O–H groups in total. The van der Waals surface area contributed by atoms with Crippen molar-refractivity contribution >= 4 is 6.03 Å². The Morgan fingerprint density at radius 2 is 2.25 bits per heavy atom. The first-order valence-corrected chi connectivity index (χ1v) is 6.57. The predicted octanol–water partition coefficient (Wildman–Crippen LogP) is 1.18. The molecule has 2 rings (SSSR count). The number of piperidine rings is 1. The summed E-state index contributed by atoms with van der Waals surface area (Å²) >= 11 is 0. The van der Waals surface area contributed by atoms with E-state index >= 15 is 0 Å². The predicted molar refractivity (Wildman–Crippen MR) is 64.4 cm³/mol. The van der Waals surface area contributed by atoms with Crippen molar-refractivity contribution < 1.29 is 4.79 Å². The Kier molecular flexibility index (Phi) is 4.04. The van der Waals surface area contributed by atoms with Crippen LogP contribution < -0.4 is 10.6 Å². The van der Waals surface area contributed by atoms with Crippen LogP contribution >= 0.6 is 0 Å². The molecule has 2 aliphatic rings. The molecule has 0 aromatic carbocycles. The lowest BCUT2D eigenvalue weighted by Gasteiger charge is -2.37. The number of hydrogen-bond donors (Lipinski definition) is 2. The van der Waals surface area contributed by atoms with Gasteiger partial charge in [0.15, 0.2) is 0 Å². The molecular weight excluding hydrogens is 202 g/mol. The summed E-state index contributed by atoms with van der Waals surface area (Å²) in [5.74, 6) is 0.739. The smallest absolute Gasteiger partial charge is 0.317 e. The third-order valence-corrected chi connectivity index (χ3v) is 3.84. The zero-order valence-corrected chi connectivity index (χ0v) is 10.2. The van der Waals surface area contributed by atoms with E-state index in [1.807, 2.05) is 4.90 Å². The largest absolute Gasteiger partial charge is 0.338 e. The molecule has 0 aliphatic carbocycles. The molecule has 0 aromatic rings. The van der Waals surface area contributed by atoms with Crippen LogP contribution in [0.4, 0.5) is 4.79 Å². The van der Waals surface area contributed by atoms with Crippen molar-refractivity contribution in [2.45, 2.75) is 38.6 Å². The number of nitrogens with zero attached hydrogens (tertiary/aromatic N) is 1. The first-order chi connectivity index (χ1) is 7.81. The molecular formula is C12H23N3O. The number of rotatable bonds is 3. The minimum absolute atomic E-state index is 0.119. The fourth-order valence-electron chi connectivity index (χ4n) is 2.81. The summed E-state index contributed by atoms with van der Waals surface area (Å²) in [6, 6.07) is 0.621. The van der Waals surface area contributed by atoms with E-state index < -0.39 is 0 Å². The average Bonchev–Trinajstić information content (AvgIpc) is 2.33. The second-order valence-electron chi connectivity index (χ2n) is 4.90. The monoisotopic (exact) mass is 225 g/mol. The molecule has 2 aliphatic heterocycles. The number of amides is 2. The Morgan fingerprint density at radius 3 is 3.00 bits per heavy atom.